The zero-order valence-corrected chi connectivity index (χ0v) is 45.9. The summed E-state index contributed by atoms with van der Waals surface area (Å²) in [6.07, 6.45) is -0.254. The van der Waals surface area contributed by atoms with E-state index in [0.717, 1.165) is 10.8 Å². The molecule has 2 aromatic rings. The molecule has 11 amide bonds. The van der Waals surface area contributed by atoms with E-state index in [0.29, 0.717) is 41.9 Å². The number of carbonyl (C=O) groups is 11. The molecule has 29 heteroatoms. The second-order valence-corrected chi connectivity index (χ2v) is 23.4. The monoisotopic (exact) mass is 1150 g/mol. The predicted octanol–water partition coefficient (Wildman–Crippen LogP) is -3.08. The summed E-state index contributed by atoms with van der Waals surface area (Å²) in [6.45, 7) is -0.400. The van der Waals surface area contributed by atoms with Gasteiger partial charge in [-0.25, -0.2) is 0 Å². The third kappa shape index (κ3) is 20.5. The second-order valence-electron chi connectivity index (χ2n) is 19.3. The molecule has 0 aromatic heterocycles. The van der Waals surface area contributed by atoms with Gasteiger partial charge < -0.3 is 75.9 Å². The summed E-state index contributed by atoms with van der Waals surface area (Å²) >= 11 is 1.68. The van der Waals surface area contributed by atoms with Crippen molar-refractivity contribution in [3.05, 3.63) is 65.7 Å². The van der Waals surface area contributed by atoms with Gasteiger partial charge in [0.2, 0.25) is 65.0 Å². The number of aromatic hydroxyl groups is 1. The molecule has 0 unspecified atom stereocenters. The Hall–Kier alpha value is -7.27. The van der Waals surface area contributed by atoms with Crippen LogP contribution in [0.5, 0.6) is 5.75 Å². The highest BCUT2D eigenvalue weighted by Gasteiger charge is 2.42. The molecule has 3 heterocycles. The summed E-state index contributed by atoms with van der Waals surface area (Å²) in [4.78, 5) is 156. The molecule has 0 aliphatic carbocycles. The molecule has 430 valence electrons. The SMILES string of the molecule is NC(=O)CC[C@@H]1NC(=O)[C@H](Cc2ccccc2)NC(=O)[C@H](Cc2ccc(O)cc2)NC(=O)CC2(CCSCC2)SSC[C@@H](C(=O)N2CCC[C@H]2C(=O)N[C@@H](CCCN=C(N)N)C(=O)NCC(N)=O)NC(=O)[C@H](CC(N)=O)NC1=O. The van der Waals surface area contributed by atoms with Crippen molar-refractivity contribution in [3.63, 3.8) is 0 Å². The van der Waals surface area contributed by atoms with Gasteiger partial charge >= 0.3 is 0 Å². The van der Waals surface area contributed by atoms with Gasteiger partial charge in [0.15, 0.2) is 5.96 Å². The maximum absolute atomic E-state index is 14.9. The summed E-state index contributed by atoms with van der Waals surface area (Å²) in [5, 5.41) is 28.4. The highest BCUT2D eigenvalue weighted by Crippen LogP contribution is 2.47. The number of nitrogens with two attached hydrogens (primary N) is 5. The zero-order valence-electron chi connectivity index (χ0n) is 43.4. The first-order chi connectivity index (χ1) is 37.6. The zero-order chi connectivity index (χ0) is 57.6. The molecule has 0 bridgehead atoms. The molecule has 26 nitrogen and oxygen atoms in total. The van der Waals surface area contributed by atoms with Crippen LogP contribution in [0.1, 0.15) is 75.3 Å². The molecule has 3 aliphatic rings. The number of carbonyl (C=O) groups excluding carboxylic acids is 11. The lowest BCUT2D eigenvalue weighted by Gasteiger charge is -2.36. The van der Waals surface area contributed by atoms with Crippen molar-refractivity contribution in [1.82, 2.24) is 42.1 Å². The molecule has 5 rings (SSSR count). The number of benzene rings is 2. The van der Waals surface area contributed by atoms with Crippen molar-refractivity contribution in [3.8, 4) is 5.75 Å². The van der Waals surface area contributed by atoms with Gasteiger partial charge in [-0.2, -0.15) is 11.8 Å². The molecule has 0 radical (unpaired) electrons. The van der Waals surface area contributed by atoms with Gasteiger partial charge in [-0.15, -0.1) is 0 Å². The highest BCUT2D eigenvalue weighted by molar-refractivity contribution is 8.77. The summed E-state index contributed by atoms with van der Waals surface area (Å²) in [7, 11) is 2.46. The normalized spacial score (nSPS) is 22.8. The van der Waals surface area contributed by atoms with Crippen LogP contribution in [0, 0.1) is 0 Å². The average molecular weight is 1160 g/mol. The van der Waals surface area contributed by atoms with Crippen LogP contribution >= 0.6 is 33.3 Å². The summed E-state index contributed by atoms with van der Waals surface area (Å²) in [6, 6.07) is 4.63. The van der Waals surface area contributed by atoms with E-state index < -0.39 is 138 Å². The fourth-order valence-electron chi connectivity index (χ4n) is 9.00. The van der Waals surface area contributed by atoms with Crippen LogP contribution in [0.15, 0.2) is 59.6 Å². The summed E-state index contributed by atoms with van der Waals surface area (Å²) in [5.41, 5.74) is 28.4. The van der Waals surface area contributed by atoms with E-state index in [2.05, 4.69) is 42.2 Å². The third-order valence-electron chi connectivity index (χ3n) is 13.1. The van der Waals surface area contributed by atoms with Gasteiger partial charge in [0.1, 0.15) is 48.0 Å². The fraction of sp³-hybridized carbons (Fsp3) is 0.520. The number of rotatable bonds is 19. The molecule has 3 fully saturated rings. The van der Waals surface area contributed by atoms with Crippen molar-refractivity contribution in [2.45, 2.75) is 124 Å². The van der Waals surface area contributed by atoms with Crippen LogP contribution in [0.2, 0.25) is 0 Å². The quantitative estimate of drug-likeness (QED) is 0.0287. The first-order valence-electron chi connectivity index (χ1n) is 25.6. The lowest BCUT2D eigenvalue weighted by Crippen LogP contribution is -2.61. The van der Waals surface area contributed by atoms with Crippen molar-refractivity contribution < 1.29 is 57.8 Å². The number of nitrogens with one attached hydrogen (secondary N) is 7. The maximum atomic E-state index is 14.9. The number of aliphatic imine (C=N–C) groups is 1. The van der Waals surface area contributed by atoms with Crippen molar-refractivity contribution in [2.24, 2.45) is 33.7 Å². The van der Waals surface area contributed by atoms with Crippen LogP contribution in [0.25, 0.3) is 0 Å². The summed E-state index contributed by atoms with van der Waals surface area (Å²) < 4.78 is -0.780. The molecule has 7 atom stereocenters. The van der Waals surface area contributed by atoms with E-state index in [-0.39, 0.29) is 69.1 Å². The standard InChI is InChI=1S/C50H70N14O12S3/c51-38(66)15-14-32-43(71)62-35(24-39(52)67)46(74)63-36(48(76)64-19-5-9-37(64)47(75)60-31(8-4-18-56-49(54)55)42(70)57-26-40(53)68)27-78-79-50(16-20-77-21-17-50)25-41(69)58-33(23-29-10-12-30(65)13-11-29)44(72)61-34(45(73)59-32)22-28-6-2-1-3-7-28/h1-3,6-7,10-13,31-37,65H,4-5,8-9,14-27H2,(H2,51,66)(H2,52,67)(H2,53,68)(H,57,70)(H,58,69)(H,59,73)(H,60,75)(H,61,72)(H,62,71)(H,63,74)(H4,54,55,56)/t31-,32-,33-,34-,35-,36-,37-/m0/s1. The molecule has 0 saturated carbocycles. The van der Waals surface area contributed by atoms with Crippen LogP contribution in [-0.2, 0) is 65.6 Å². The smallest absolute Gasteiger partial charge is 0.246 e. The number of hydrogen-bond donors (Lipinski definition) is 13. The molecule has 3 saturated heterocycles. The Bertz CT molecular complexity index is 2550. The minimum absolute atomic E-state index is 0.0131. The lowest BCUT2D eigenvalue weighted by molar-refractivity contribution is -0.142. The molecular formula is C50H70N14O12S3. The van der Waals surface area contributed by atoms with Crippen LogP contribution in [0.3, 0.4) is 0 Å². The summed E-state index contributed by atoms with van der Waals surface area (Å²) in [5.74, 6) is -8.39. The minimum Gasteiger partial charge on any atom is -0.508 e. The number of amides is 11. The number of phenols is 1. The van der Waals surface area contributed by atoms with Crippen molar-refractivity contribution in [2.75, 3.05) is 36.9 Å². The Labute approximate surface area is 468 Å². The Kier molecular flexibility index (Phi) is 24.4. The third-order valence-corrected chi connectivity index (χ3v) is 17.4. The van der Waals surface area contributed by atoms with E-state index in [1.165, 1.54) is 27.8 Å². The number of nitrogens with zero attached hydrogens (tertiary/aromatic N) is 2. The first kappa shape index (κ1) is 62.6. The molecule has 18 N–H and O–H groups in total. The van der Waals surface area contributed by atoms with E-state index in [4.69, 9.17) is 28.7 Å². The molecular weight excluding hydrogens is 1080 g/mol. The topological polar surface area (TPSA) is 438 Å². The fourth-order valence-corrected chi connectivity index (χ4v) is 13.8. The second kappa shape index (κ2) is 30.8. The maximum Gasteiger partial charge on any atom is 0.246 e. The van der Waals surface area contributed by atoms with E-state index >= 15 is 0 Å². The highest BCUT2D eigenvalue weighted by atomic mass is 33.1. The first-order valence-corrected chi connectivity index (χ1v) is 29.1. The predicted molar refractivity (Wildman–Crippen MR) is 297 cm³/mol. The molecule has 3 aliphatic heterocycles. The molecule has 79 heavy (non-hydrogen) atoms. The number of hydrogen-bond acceptors (Lipinski definition) is 16. The van der Waals surface area contributed by atoms with Gasteiger partial charge in [-0.1, -0.05) is 64.1 Å². The van der Waals surface area contributed by atoms with Crippen molar-refractivity contribution >= 4 is 104 Å². The van der Waals surface area contributed by atoms with Gasteiger partial charge in [-0.3, -0.25) is 57.7 Å². The van der Waals surface area contributed by atoms with Gasteiger partial charge in [-0.05, 0) is 79.7 Å². The van der Waals surface area contributed by atoms with Gasteiger partial charge in [0.25, 0.3) is 0 Å². The van der Waals surface area contributed by atoms with Crippen LogP contribution < -0.4 is 65.9 Å². The van der Waals surface area contributed by atoms with E-state index in [1.807, 2.05) is 0 Å². The number of guanidine groups is 1. The lowest BCUT2D eigenvalue weighted by atomic mass is 9.96. The van der Waals surface area contributed by atoms with E-state index in [9.17, 15) is 57.8 Å². The number of phenolic OH excluding ortho intramolecular Hbond substituents is 1. The Morgan fingerprint density at radius 1 is 0.747 bits per heavy atom. The van der Waals surface area contributed by atoms with Crippen LogP contribution in [-0.4, -0.2) is 165 Å². The number of primary amides is 3. The van der Waals surface area contributed by atoms with Gasteiger partial charge in [0, 0.05) is 49.3 Å². The van der Waals surface area contributed by atoms with Crippen LogP contribution in [0.4, 0.5) is 0 Å². The number of thioether (sulfide) groups is 1. The number of likely N-dealkylation sites (tertiary alicyclic amines) is 1. The minimum atomic E-state index is -1.78. The Balaban J connectivity index is 1.53. The van der Waals surface area contributed by atoms with Gasteiger partial charge in [0.05, 0.1) is 13.0 Å². The Morgan fingerprint density at radius 3 is 1.99 bits per heavy atom. The Morgan fingerprint density at radius 2 is 1.35 bits per heavy atom. The largest absolute Gasteiger partial charge is 0.508 e. The van der Waals surface area contributed by atoms with Crippen molar-refractivity contribution in [1.29, 1.82) is 0 Å². The molecule has 1 spiro atoms. The molecule has 2 aromatic carbocycles. The van der Waals surface area contributed by atoms with E-state index in [1.54, 1.807) is 54.2 Å². The average Bonchev–Trinajstić information content (AvgIpc) is 3.98.